The van der Waals surface area contributed by atoms with Crippen LogP contribution in [0.25, 0.3) is 0 Å². The molecular formula is C28H34O4S. The van der Waals surface area contributed by atoms with E-state index in [0.717, 1.165) is 44.3 Å². The molecular weight excluding hydrogens is 432 g/mol. The third kappa shape index (κ3) is 2.88. The molecule has 0 aromatic heterocycles. The van der Waals surface area contributed by atoms with E-state index < -0.39 is 5.60 Å². The van der Waals surface area contributed by atoms with E-state index in [1.807, 2.05) is 23.9 Å². The van der Waals surface area contributed by atoms with Crippen molar-refractivity contribution in [2.24, 2.45) is 23.2 Å². The van der Waals surface area contributed by atoms with E-state index in [0.29, 0.717) is 30.1 Å². The van der Waals surface area contributed by atoms with Gasteiger partial charge in [0.2, 0.25) is 0 Å². The highest BCUT2D eigenvalue weighted by molar-refractivity contribution is 8.01. The van der Waals surface area contributed by atoms with E-state index in [-0.39, 0.29) is 22.6 Å². The summed E-state index contributed by atoms with van der Waals surface area (Å²) in [5, 5.41) is 21.3. The van der Waals surface area contributed by atoms with Crippen LogP contribution in [-0.4, -0.2) is 40.1 Å². The molecule has 1 aromatic carbocycles. The monoisotopic (exact) mass is 466 g/mol. The second kappa shape index (κ2) is 7.47. The van der Waals surface area contributed by atoms with Gasteiger partial charge in [0, 0.05) is 21.5 Å². The normalized spacial score (nSPS) is 43.4. The van der Waals surface area contributed by atoms with E-state index in [4.69, 9.17) is 4.74 Å². The molecule has 3 saturated carbocycles. The predicted octanol–water partition coefficient (Wildman–Crippen LogP) is 5.04. The average Bonchev–Trinajstić information content (AvgIpc) is 3.08. The lowest BCUT2D eigenvalue weighted by Crippen LogP contribution is -2.60. The lowest BCUT2D eigenvalue weighted by molar-refractivity contribution is -0.116. The Labute approximate surface area is 200 Å². The quantitative estimate of drug-likeness (QED) is 0.611. The maximum absolute atomic E-state index is 12.4. The Bertz CT molecular complexity index is 1060. The molecule has 5 aliphatic rings. The Hall–Kier alpha value is -1.56. The molecule has 176 valence electrons. The highest BCUT2D eigenvalue weighted by atomic mass is 32.2. The number of aliphatic hydroxyl groups excluding tert-OH is 1. The molecule has 6 rings (SSSR count). The maximum Gasteiger partial charge on any atom is 0.155 e. The largest absolute Gasteiger partial charge is 0.497 e. The van der Waals surface area contributed by atoms with Gasteiger partial charge in [-0.2, -0.15) is 0 Å². The average molecular weight is 467 g/mol. The van der Waals surface area contributed by atoms with E-state index in [2.05, 4.69) is 25.1 Å². The number of ketones is 1. The van der Waals surface area contributed by atoms with Gasteiger partial charge in [0.05, 0.1) is 19.3 Å². The van der Waals surface area contributed by atoms with Gasteiger partial charge >= 0.3 is 0 Å². The van der Waals surface area contributed by atoms with Crippen LogP contribution in [0.4, 0.5) is 0 Å². The number of methoxy groups -OCH3 is 1. The highest BCUT2D eigenvalue weighted by Crippen LogP contribution is 2.74. The van der Waals surface area contributed by atoms with Gasteiger partial charge in [-0.1, -0.05) is 25.1 Å². The summed E-state index contributed by atoms with van der Waals surface area (Å²) in [7, 11) is 1.72. The van der Waals surface area contributed by atoms with Crippen molar-refractivity contribution in [2.45, 2.75) is 73.0 Å². The van der Waals surface area contributed by atoms with Crippen molar-refractivity contribution < 1.29 is 19.7 Å². The summed E-state index contributed by atoms with van der Waals surface area (Å²) in [6, 6.07) is 6.52. The van der Waals surface area contributed by atoms with Crippen molar-refractivity contribution in [1.29, 1.82) is 0 Å². The SMILES string of the molecule is COc1ccc2c(c1)S[C@]13CCC(=O)C=C1CC[C@@H]1C3[C@@H]2C[C@@]2(C)[C@H]1CC[C@@]2(O)/C=C\CO. The van der Waals surface area contributed by atoms with Gasteiger partial charge in [-0.15, -0.1) is 11.8 Å². The molecule has 1 spiro atoms. The van der Waals surface area contributed by atoms with E-state index in [1.54, 1.807) is 13.2 Å². The predicted molar refractivity (Wildman–Crippen MR) is 129 cm³/mol. The van der Waals surface area contributed by atoms with E-state index in [9.17, 15) is 15.0 Å². The minimum atomic E-state index is -0.881. The summed E-state index contributed by atoms with van der Waals surface area (Å²) in [6.45, 7) is 2.26. The topological polar surface area (TPSA) is 66.8 Å². The molecule has 0 amide bonds. The summed E-state index contributed by atoms with van der Waals surface area (Å²) in [5.41, 5.74) is 1.64. The number of aliphatic hydroxyl groups is 2. The summed E-state index contributed by atoms with van der Waals surface area (Å²) >= 11 is 2.00. The molecule has 2 N–H and O–H groups in total. The van der Waals surface area contributed by atoms with Gasteiger partial charge in [-0.25, -0.2) is 0 Å². The zero-order valence-corrected chi connectivity index (χ0v) is 20.4. The Morgan fingerprint density at radius 1 is 1.24 bits per heavy atom. The molecule has 0 saturated heterocycles. The molecule has 7 atom stereocenters. The first-order chi connectivity index (χ1) is 15.8. The maximum atomic E-state index is 12.4. The molecule has 1 aromatic rings. The van der Waals surface area contributed by atoms with Gasteiger partial charge in [-0.3, -0.25) is 4.79 Å². The van der Waals surface area contributed by atoms with E-state index in [1.165, 1.54) is 16.0 Å². The number of fused-ring (bicyclic) bond motifs is 4. The van der Waals surface area contributed by atoms with Gasteiger partial charge in [-0.05, 0) is 91.5 Å². The fourth-order valence-corrected chi connectivity index (χ4v) is 10.5. The van der Waals surface area contributed by atoms with Gasteiger partial charge in [0.1, 0.15) is 5.75 Å². The number of benzene rings is 1. The molecule has 1 heterocycles. The van der Waals surface area contributed by atoms with Crippen molar-refractivity contribution in [3.05, 3.63) is 47.6 Å². The fourth-order valence-electron chi connectivity index (χ4n) is 8.59. The first kappa shape index (κ1) is 21.9. The Morgan fingerprint density at radius 3 is 2.88 bits per heavy atom. The standard InChI is InChI=1S/C28H34O4S/c1-26-16-22-20-7-5-19(32-2)15-24(20)33-28-12-8-18(30)14-17(28)4-6-21(25(22)28)23(26)9-11-27(26,31)10-3-13-29/h3,5,7,10,14-15,21-23,25,29,31H,4,6,8-9,11-13,16H2,1-2H3/b10-3-/t21-,22+,23-,25?,26-,27-,28+/m0/s1. The molecule has 4 aliphatic carbocycles. The van der Waals surface area contributed by atoms with Crippen LogP contribution in [0.1, 0.15) is 63.4 Å². The Balaban J connectivity index is 1.53. The van der Waals surface area contributed by atoms with Crippen molar-refractivity contribution in [1.82, 2.24) is 0 Å². The molecule has 5 heteroatoms. The Kier molecular flexibility index (Phi) is 4.96. The lowest BCUT2D eigenvalue weighted by atomic mass is 9.46. The van der Waals surface area contributed by atoms with Crippen molar-refractivity contribution in [2.75, 3.05) is 13.7 Å². The third-order valence-corrected chi connectivity index (χ3v) is 11.7. The smallest absolute Gasteiger partial charge is 0.155 e. The number of hydrogen-bond donors (Lipinski definition) is 2. The molecule has 4 nitrogen and oxygen atoms in total. The van der Waals surface area contributed by atoms with Crippen LogP contribution in [0.3, 0.4) is 0 Å². The Morgan fingerprint density at radius 2 is 2.09 bits per heavy atom. The van der Waals surface area contributed by atoms with Gasteiger partial charge < -0.3 is 14.9 Å². The number of carbonyl (C=O) groups is 1. The number of carbonyl (C=O) groups excluding carboxylic acids is 1. The molecule has 3 fully saturated rings. The van der Waals surface area contributed by atoms with Crippen LogP contribution in [0.2, 0.25) is 0 Å². The second-order valence-electron chi connectivity index (χ2n) is 11.1. The summed E-state index contributed by atoms with van der Waals surface area (Å²) in [6.07, 6.45) is 12.0. The minimum Gasteiger partial charge on any atom is -0.497 e. The molecule has 1 unspecified atom stereocenters. The van der Waals surface area contributed by atoms with Crippen LogP contribution < -0.4 is 4.74 Å². The first-order valence-corrected chi connectivity index (χ1v) is 13.3. The number of ether oxygens (including phenoxy) is 1. The van der Waals surface area contributed by atoms with Gasteiger partial charge in [0.15, 0.2) is 5.78 Å². The highest BCUT2D eigenvalue weighted by Gasteiger charge is 2.68. The third-order valence-electron chi connectivity index (χ3n) is 10.0. The van der Waals surface area contributed by atoms with Crippen molar-refractivity contribution in [3.63, 3.8) is 0 Å². The van der Waals surface area contributed by atoms with Gasteiger partial charge in [0.25, 0.3) is 0 Å². The van der Waals surface area contributed by atoms with Crippen LogP contribution >= 0.6 is 11.8 Å². The second-order valence-corrected chi connectivity index (χ2v) is 12.5. The molecule has 1 aliphatic heterocycles. The first-order valence-electron chi connectivity index (χ1n) is 12.5. The number of thioether (sulfide) groups is 1. The molecule has 33 heavy (non-hydrogen) atoms. The van der Waals surface area contributed by atoms with Crippen molar-refractivity contribution >= 4 is 17.5 Å². The van der Waals surface area contributed by atoms with Crippen molar-refractivity contribution in [3.8, 4) is 5.75 Å². The lowest BCUT2D eigenvalue weighted by Gasteiger charge is -2.64. The zero-order chi connectivity index (χ0) is 23.0. The van der Waals surface area contributed by atoms with Crippen LogP contribution in [0, 0.1) is 23.2 Å². The van der Waals surface area contributed by atoms with E-state index >= 15 is 0 Å². The zero-order valence-electron chi connectivity index (χ0n) is 19.5. The fraction of sp³-hybridized carbons (Fsp3) is 0.607. The summed E-state index contributed by atoms with van der Waals surface area (Å²) < 4.78 is 5.57. The van der Waals surface area contributed by atoms with Crippen LogP contribution in [0.5, 0.6) is 5.75 Å². The molecule has 0 radical (unpaired) electrons. The molecule has 0 bridgehead atoms. The number of hydrogen-bond acceptors (Lipinski definition) is 5. The van der Waals surface area contributed by atoms with Crippen LogP contribution in [0.15, 0.2) is 46.9 Å². The van der Waals surface area contributed by atoms with Crippen LogP contribution in [-0.2, 0) is 4.79 Å². The summed E-state index contributed by atoms with van der Waals surface area (Å²) in [4.78, 5) is 13.7. The summed E-state index contributed by atoms with van der Waals surface area (Å²) in [5.74, 6) is 3.01. The minimum absolute atomic E-state index is 0.0101. The number of rotatable bonds is 3.